The van der Waals surface area contributed by atoms with Crippen LogP contribution in [0.15, 0.2) is 16.8 Å². The topological polar surface area (TPSA) is 29.5 Å². The summed E-state index contributed by atoms with van der Waals surface area (Å²) in [7, 11) is 0. The second-order valence-corrected chi connectivity index (χ2v) is 5.58. The van der Waals surface area contributed by atoms with Crippen molar-refractivity contribution in [2.24, 2.45) is 5.41 Å². The van der Waals surface area contributed by atoms with Gasteiger partial charge in [-0.3, -0.25) is 4.79 Å². The average molecular weight is 237 g/mol. The minimum atomic E-state index is 0.191. The minimum Gasteiger partial charge on any atom is -0.380 e. The van der Waals surface area contributed by atoms with E-state index in [9.17, 15) is 4.79 Å². The van der Waals surface area contributed by atoms with Crippen molar-refractivity contribution in [3.63, 3.8) is 0 Å². The molecular formula is C12H15NO2S. The van der Waals surface area contributed by atoms with E-state index in [0.29, 0.717) is 5.41 Å². The molecule has 0 bridgehead atoms. The summed E-state index contributed by atoms with van der Waals surface area (Å²) in [6.07, 6.45) is 2.20. The van der Waals surface area contributed by atoms with E-state index in [-0.39, 0.29) is 5.91 Å². The Balaban J connectivity index is 1.63. The zero-order valence-electron chi connectivity index (χ0n) is 9.15. The second-order valence-electron chi connectivity index (χ2n) is 4.80. The highest BCUT2D eigenvalue weighted by molar-refractivity contribution is 7.08. The molecule has 0 aliphatic carbocycles. The van der Waals surface area contributed by atoms with Gasteiger partial charge >= 0.3 is 0 Å². The van der Waals surface area contributed by atoms with Gasteiger partial charge in [-0.25, -0.2) is 0 Å². The van der Waals surface area contributed by atoms with Crippen LogP contribution in [0.1, 0.15) is 23.2 Å². The third kappa shape index (κ3) is 1.66. The molecule has 1 spiro atoms. The number of amides is 1. The zero-order valence-corrected chi connectivity index (χ0v) is 9.96. The normalized spacial score (nSPS) is 23.1. The fourth-order valence-electron chi connectivity index (χ4n) is 2.43. The van der Waals surface area contributed by atoms with Gasteiger partial charge in [0.05, 0.1) is 18.8 Å². The van der Waals surface area contributed by atoms with E-state index in [4.69, 9.17) is 4.74 Å². The predicted octanol–water partition coefficient (Wildman–Crippen LogP) is 2.00. The van der Waals surface area contributed by atoms with Crippen LogP contribution in [0.5, 0.6) is 0 Å². The molecular weight excluding hydrogens is 222 g/mol. The second kappa shape index (κ2) is 3.86. The van der Waals surface area contributed by atoms with Gasteiger partial charge in [0.1, 0.15) is 0 Å². The first kappa shape index (κ1) is 10.3. The van der Waals surface area contributed by atoms with Gasteiger partial charge in [0, 0.05) is 23.9 Å². The molecule has 2 saturated heterocycles. The summed E-state index contributed by atoms with van der Waals surface area (Å²) in [4.78, 5) is 14.1. The molecule has 2 aliphatic heterocycles. The summed E-state index contributed by atoms with van der Waals surface area (Å²) in [6.45, 7) is 3.57. The number of nitrogens with zero attached hydrogens (tertiary/aromatic N) is 1. The van der Waals surface area contributed by atoms with Gasteiger partial charge in [0.2, 0.25) is 0 Å². The molecule has 1 aromatic heterocycles. The number of hydrogen-bond donors (Lipinski definition) is 0. The Labute approximate surface area is 99.0 Å². The Morgan fingerprint density at radius 1 is 1.38 bits per heavy atom. The third-order valence-electron chi connectivity index (χ3n) is 3.70. The number of thiophene rings is 1. The van der Waals surface area contributed by atoms with Gasteiger partial charge in [0.15, 0.2) is 0 Å². The molecule has 0 N–H and O–H groups in total. The van der Waals surface area contributed by atoms with Crippen LogP contribution >= 0.6 is 11.3 Å². The molecule has 2 aliphatic rings. The quantitative estimate of drug-likeness (QED) is 0.747. The van der Waals surface area contributed by atoms with Crippen molar-refractivity contribution in [1.29, 1.82) is 0 Å². The summed E-state index contributed by atoms with van der Waals surface area (Å²) in [5, 5.41) is 3.89. The highest BCUT2D eigenvalue weighted by Crippen LogP contribution is 2.38. The first-order valence-electron chi connectivity index (χ1n) is 5.68. The Bertz CT molecular complexity index is 374. The molecule has 3 nitrogen and oxygen atoms in total. The number of rotatable bonds is 1. The minimum absolute atomic E-state index is 0.191. The predicted molar refractivity (Wildman–Crippen MR) is 62.7 cm³/mol. The van der Waals surface area contributed by atoms with Gasteiger partial charge in [-0.15, -0.1) is 0 Å². The maximum atomic E-state index is 12.1. The summed E-state index contributed by atoms with van der Waals surface area (Å²) in [5.74, 6) is 0.191. The lowest BCUT2D eigenvalue weighted by Crippen LogP contribution is -2.52. The summed E-state index contributed by atoms with van der Waals surface area (Å²) >= 11 is 1.58. The number of ether oxygens (including phenoxy) is 1. The molecule has 0 atom stereocenters. The lowest BCUT2D eigenvalue weighted by molar-refractivity contribution is -0.136. The van der Waals surface area contributed by atoms with Crippen LogP contribution in [-0.4, -0.2) is 37.1 Å². The smallest absolute Gasteiger partial charge is 0.254 e. The lowest BCUT2D eigenvalue weighted by atomic mass is 9.77. The van der Waals surface area contributed by atoms with Crippen LogP contribution in [0.4, 0.5) is 0 Å². The number of hydrogen-bond acceptors (Lipinski definition) is 3. The highest BCUT2D eigenvalue weighted by atomic mass is 32.1. The SMILES string of the molecule is O=C(c1ccsc1)N1CCC2(CC1)COC2. The first-order valence-corrected chi connectivity index (χ1v) is 6.63. The van der Waals surface area contributed by atoms with Gasteiger partial charge in [-0.2, -0.15) is 11.3 Å². The maximum Gasteiger partial charge on any atom is 0.254 e. The molecule has 4 heteroatoms. The molecule has 86 valence electrons. The van der Waals surface area contributed by atoms with Gasteiger partial charge < -0.3 is 9.64 Å². The van der Waals surface area contributed by atoms with Gasteiger partial charge in [-0.05, 0) is 24.3 Å². The van der Waals surface area contributed by atoms with Gasteiger partial charge in [0.25, 0.3) is 5.91 Å². The molecule has 1 amide bonds. The first-order chi connectivity index (χ1) is 7.79. The van der Waals surface area contributed by atoms with Crippen LogP contribution < -0.4 is 0 Å². The van der Waals surface area contributed by atoms with Crippen molar-refractivity contribution < 1.29 is 9.53 Å². The summed E-state index contributed by atoms with van der Waals surface area (Å²) < 4.78 is 5.28. The van der Waals surface area contributed by atoms with Crippen molar-refractivity contribution in [2.45, 2.75) is 12.8 Å². The van der Waals surface area contributed by atoms with Crippen LogP contribution in [0.3, 0.4) is 0 Å². The van der Waals surface area contributed by atoms with Crippen molar-refractivity contribution in [1.82, 2.24) is 4.90 Å². The van der Waals surface area contributed by atoms with Crippen molar-refractivity contribution >= 4 is 17.2 Å². The summed E-state index contributed by atoms with van der Waals surface area (Å²) in [6, 6.07) is 1.91. The van der Waals surface area contributed by atoms with E-state index < -0.39 is 0 Å². The average Bonchev–Trinajstić information content (AvgIpc) is 2.80. The van der Waals surface area contributed by atoms with E-state index >= 15 is 0 Å². The summed E-state index contributed by atoms with van der Waals surface area (Å²) in [5.41, 5.74) is 1.25. The third-order valence-corrected chi connectivity index (χ3v) is 4.38. The molecule has 16 heavy (non-hydrogen) atoms. The Kier molecular flexibility index (Phi) is 2.48. The molecule has 2 fully saturated rings. The molecule has 3 rings (SSSR count). The van der Waals surface area contributed by atoms with Crippen molar-refractivity contribution in [2.75, 3.05) is 26.3 Å². The van der Waals surface area contributed by atoms with Crippen LogP contribution in [0, 0.1) is 5.41 Å². The number of carbonyl (C=O) groups is 1. The molecule has 0 radical (unpaired) electrons. The van der Waals surface area contributed by atoms with Gasteiger partial charge in [-0.1, -0.05) is 0 Å². The zero-order chi connectivity index (χ0) is 11.0. The monoisotopic (exact) mass is 237 g/mol. The molecule has 1 aromatic rings. The molecule has 0 unspecified atom stereocenters. The standard InChI is InChI=1S/C12H15NO2S/c14-11(10-1-6-16-7-10)13-4-2-12(3-5-13)8-15-9-12/h1,6-7H,2-5,8-9H2. The molecule has 0 saturated carbocycles. The van der Waals surface area contributed by atoms with E-state index in [1.807, 2.05) is 21.7 Å². The van der Waals surface area contributed by atoms with E-state index in [0.717, 1.165) is 44.7 Å². The van der Waals surface area contributed by atoms with Crippen LogP contribution in [0.2, 0.25) is 0 Å². The van der Waals surface area contributed by atoms with E-state index in [1.165, 1.54) is 0 Å². The maximum absolute atomic E-state index is 12.1. The van der Waals surface area contributed by atoms with E-state index in [2.05, 4.69) is 0 Å². The fraction of sp³-hybridized carbons (Fsp3) is 0.583. The Hall–Kier alpha value is -0.870. The van der Waals surface area contributed by atoms with Crippen LogP contribution in [0.25, 0.3) is 0 Å². The fourth-order valence-corrected chi connectivity index (χ4v) is 3.06. The number of piperidine rings is 1. The highest BCUT2D eigenvalue weighted by Gasteiger charge is 2.41. The molecule has 0 aromatic carbocycles. The van der Waals surface area contributed by atoms with E-state index in [1.54, 1.807) is 11.3 Å². The Morgan fingerprint density at radius 2 is 2.12 bits per heavy atom. The van der Waals surface area contributed by atoms with Crippen molar-refractivity contribution in [3.8, 4) is 0 Å². The van der Waals surface area contributed by atoms with Crippen molar-refractivity contribution in [3.05, 3.63) is 22.4 Å². The number of likely N-dealkylation sites (tertiary alicyclic amines) is 1. The largest absolute Gasteiger partial charge is 0.380 e. The Morgan fingerprint density at radius 3 is 2.62 bits per heavy atom. The molecule has 3 heterocycles. The van der Waals surface area contributed by atoms with Crippen LogP contribution in [-0.2, 0) is 4.74 Å². The number of carbonyl (C=O) groups excluding carboxylic acids is 1. The lowest BCUT2D eigenvalue weighted by Gasteiger charge is -2.47.